The van der Waals surface area contributed by atoms with Gasteiger partial charge < -0.3 is 4.74 Å². The van der Waals surface area contributed by atoms with Crippen LogP contribution in [0.2, 0.25) is 20.1 Å². The first-order valence-electron chi connectivity index (χ1n) is 41.3. The number of ether oxygens (including phenoxy) is 1. The van der Waals surface area contributed by atoms with Crippen molar-refractivity contribution in [2.45, 2.75) is 292 Å². The van der Waals surface area contributed by atoms with E-state index in [1.807, 2.05) is 120 Å². The Balaban J connectivity index is 0.000000679. The highest BCUT2D eigenvalue weighted by atomic mass is 35.5. The first-order chi connectivity index (χ1) is 56.1. The maximum absolute atomic E-state index is 13.4. The molecular weight excluding hydrogens is 1650 g/mol. The molecule has 0 amide bonds. The molecule has 0 atom stereocenters. The minimum Gasteiger partial charge on any atom is -0.496 e. The molecule has 0 aliphatic carbocycles. The molecular formula is C103H132Cl4F12N2O. The normalized spacial score (nSPS) is 11.2. The summed E-state index contributed by atoms with van der Waals surface area (Å²) in [5.74, 6) is 3.81. The van der Waals surface area contributed by atoms with Crippen LogP contribution >= 0.6 is 46.4 Å². The highest BCUT2D eigenvalue weighted by molar-refractivity contribution is 6.32. The standard InChI is InChI=1S/2C11H13F3.C11H16O.C11H16.2C10H12ClF.C10H13Cl.C10H12F3N.C10H13F.C9H12ClN/c2*1-7(2)9-5-4-8(3)10(6-9)11(12,13)14;1-8(2)10-6-5-9(3)11(7-10)12-4;1-8(2)11-6-5-9(3)10(4)7-11;1-6(2)8-5-9(11)7(3)4-10(8)12;1-6(2)8-5-4-7(3)9(11)10(8)12;1-7(2)9-5-4-8(3)10(11)6-9;1-6(2)8-4-9(10(11,12)13)7(3)14-5-8;1-7(2)9-5-4-8(3)10(11)6-9;1-6(2)8-4-9(10)7(3)11-5-8/h2*4-7H,1-3H3;5-8H,1-4H3;5-8H,1-4H3;2*4-6H,1-3H3;4-7H,1-3H3;4-6H,1-3H3;4-7H,1-3H3;4-6H,1-3H3. The summed E-state index contributed by atoms with van der Waals surface area (Å²) in [5.41, 5.74) is 17.0. The number of hydrogen-bond acceptors (Lipinski definition) is 3. The van der Waals surface area contributed by atoms with Gasteiger partial charge in [-0.15, -0.1) is 0 Å². The summed E-state index contributed by atoms with van der Waals surface area (Å²) in [6.45, 7) is 60.5. The van der Waals surface area contributed by atoms with E-state index in [1.165, 1.54) is 102 Å². The molecule has 0 N–H and O–H groups in total. The van der Waals surface area contributed by atoms with Gasteiger partial charge in [-0.05, 0) is 296 Å². The van der Waals surface area contributed by atoms with Crippen LogP contribution in [-0.2, 0) is 18.5 Å². The average Bonchev–Trinajstić information content (AvgIpc) is 0.816. The van der Waals surface area contributed by atoms with E-state index in [2.05, 4.69) is 149 Å². The van der Waals surface area contributed by atoms with Crippen LogP contribution in [0.3, 0.4) is 0 Å². The zero-order valence-corrected chi connectivity index (χ0v) is 80.7. The molecule has 0 aliphatic rings. The maximum Gasteiger partial charge on any atom is 0.418 e. The summed E-state index contributed by atoms with van der Waals surface area (Å²) in [6.07, 6.45) is -9.41. The van der Waals surface area contributed by atoms with E-state index in [0.717, 1.165) is 60.4 Å². The van der Waals surface area contributed by atoms with Crippen LogP contribution in [-0.4, -0.2) is 17.1 Å². The van der Waals surface area contributed by atoms with Gasteiger partial charge in [-0.3, -0.25) is 9.97 Å². The largest absolute Gasteiger partial charge is 0.496 e. The Kier molecular flexibility index (Phi) is 48.0. The van der Waals surface area contributed by atoms with Crippen LogP contribution in [0.1, 0.15) is 331 Å². The molecule has 0 saturated carbocycles. The van der Waals surface area contributed by atoms with Crippen molar-refractivity contribution in [3.8, 4) is 5.75 Å². The molecule has 2 heterocycles. The van der Waals surface area contributed by atoms with Gasteiger partial charge in [0.25, 0.3) is 0 Å². The topological polar surface area (TPSA) is 35.0 Å². The van der Waals surface area contributed by atoms with Gasteiger partial charge in [-0.1, -0.05) is 276 Å². The average molecular weight is 1780 g/mol. The molecule has 0 radical (unpaired) electrons. The molecule has 10 aromatic rings. The number of nitrogens with zero attached hydrogens (tertiary/aromatic N) is 2. The van der Waals surface area contributed by atoms with Crippen LogP contribution in [0.5, 0.6) is 5.75 Å². The molecule has 3 nitrogen and oxygen atoms in total. The Morgan fingerprint density at radius 2 is 0.582 bits per heavy atom. The van der Waals surface area contributed by atoms with Crippen LogP contribution in [0.4, 0.5) is 52.7 Å². The minimum atomic E-state index is -4.30. The third-order valence-electron chi connectivity index (χ3n) is 20.1. The van der Waals surface area contributed by atoms with Crippen LogP contribution in [0.15, 0.2) is 158 Å². The summed E-state index contributed by atoms with van der Waals surface area (Å²) in [6, 6.07) is 43.7. The number of methoxy groups -OCH3 is 1. The lowest BCUT2D eigenvalue weighted by atomic mass is 9.98. The highest BCUT2D eigenvalue weighted by Gasteiger charge is 2.35. The van der Waals surface area contributed by atoms with Crippen molar-refractivity contribution in [3.05, 3.63) is 329 Å². The zero-order valence-electron chi connectivity index (χ0n) is 77.6. The van der Waals surface area contributed by atoms with Gasteiger partial charge in [0.15, 0.2) is 0 Å². The fourth-order valence-electron chi connectivity index (χ4n) is 11.1. The van der Waals surface area contributed by atoms with Crippen LogP contribution in [0.25, 0.3) is 0 Å². The second-order valence-corrected chi connectivity index (χ2v) is 35.3. The summed E-state index contributed by atoms with van der Waals surface area (Å²) < 4.78 is 157. The molecule has 19 heteroatoms. The number of benzene rings is 8. The molecule has 10 rings (SSSR count). The monoisotopic (exact) mass is 1780 g/mol. The fraction of sp³-hybridized carbons (Fsp3) is 0.437. The number of hydrogen-bond donors (Lipinski definition) is 0. The Morgan fingerprint density at radius 3 is 0.951 bits per heavy atom. The van der Waals surface area contributed by atoms with Crippen molar-refractivity contribution < 1.29 is 57.4 Å². The van der Waals surface area contributed by atoms with Gasteiger partial charge in [0.05, 0.1) is 39.5 Å². The number of pyridine rings is 2. The first-order valence-corrected chi connectivity index (χ1v) is 42.8. The lowest BCUT2D eigenvalue weighted by Gasteiger charge is -2.13. The lowest BCUT2D eigenvalue weighted by molar-refractivity contribution is -0.139. The predicted molar refractivity (Wildman–Crippen MR) is 494 cm³/mol. The molecule has 0 aliphatic heterocycles. The summed E-state index contributed by atoms with van der Waals surface area (Å²) in [5, 5.41) is 2.52. The van der Waals surface area contributed by atoms with Crippen molar-refractivity contribution in [2.24, 2.45) is 0 Å². The molecule has 0 unspecified atom stereocenters. The Morgan fingerprint density at radius 1 is 0.262 bits per heavy atom. The van der Waals surface area contributed by atoms with Crippen molar-refractivity contribution in [2.75, 3.05) is 7.11 Å². The Bertz CT molecular complexity index is 4470. The second kappa shape index (κ2) is 52.2. The number of alkyl halides is 9. The molecule has 0 fully saturated rings. The van der Waals surface area contributed by atoms with Crippen molar-refractivity contribution in [1.29, 1.82) is 0 Å². The van der Waals surface area contributed by atoms with Crippen LogP contribution < -0.4 is 4.74 Å². The van der Waals surface area contributed by atoms with E-state index in [0.29, 0.717) is 51.3 Å². The molecule has 672 valence electrons. The molecule has 0 bridgehead atoms. The summed E-state index contributed by atoms with van der Waals surface area (Å²) in [7, 11) is 1.71. The van der Waals surface area contributed by atoms with Crippen molar-refractivity contribution >= 4 is 46.4 Å². The van der Waals surface area contributed by atoms with Crippen molar-refractivity contribution in [1.82, 2.24) is 9.97 Å². The van der Waals surface area contributed by atoms with E-state index in [9.17, 15) is 52.7 Å². The Hall–Kier alpha value is -7.82. The van der Waals surface area contributed by atoms with Crippen LogP contribution in [0, 0.1) is 93.6 Å². The van der Waals surface area contributed by atoms with E-state index < -0.39 is 35.2 Å². The number of halogens is 16. The number of aryl methyl sites for hydroxylation is 11. The smallest absolute Gasteiger partial charge is 0.418 e. The number of aromatic nitrogens is 2. The van der Waals surface area contributed by atoms with Gasteiger partial charge >= 0.3 is 18.5 Å². The van der Waals surface area contributed by atoms with Gasteiger partial charge in [0.1, 0.15) is 23.2 Å². The third-order valence-corrected chi connectivity index (χ3v) is 21.8. The van der Waals surface area contributed by atoms with Gasteiger partial charge in [0, 0.05) is 28.1 Å². The molecule has 0 spiro atoms. The minimum absolute atomic E-state index is 0.0295. The quantitative estimate of drug-likeness (QED) is 0.121. The summed E-state index contributed by atoms with van der Waals surface area (Å²) in [4.78, 5) is 7.91. The van der Waals surface area contributed by atoms with E-state index in [4.69, 9.17) is 51.1 Å². The third kappa shape index (κ3) is 38.7. The lowest BCUT2D eigenvalue weighted by Crippen LogP contribution is -2.10. The van der Waals surface area contributed by atoms with Gasteiger partial charge in [-0.25, -0.2) is 13.2 Å². The zero-order chi connectivity index (χ0) is 94.3. The Labute approximate surface area is 743 Å². The van der Waals surface area contributed by atoms with E-state index in [-0.39, 0.29) is 68.9 Å². The van der Waals surface area contributed by atoms with Gasteiger partial charge in [-0.2, -0.15) is 39.5 Å². The number of rotatable bonds is 11. The first kappa shape index (κ1) is 112. The molecule has 122 heavy (non-hydrogen) atoms. The SMILES string of the molecule is COc1cc(C(C)C)ccc1C.Cc1cc(F)c(C(C)C)cc1Cl.Cc1ccc(C(C)C)c(F)c1Cl.Cc1ccc(C(C)C)cc1C.Cc1ccc(C(C)C)cc1C(F)(F)F.Cc1ccc(C(C)C)cc1C(F)(F)F.Cc1ccc(C(C)C)cc1Cl.Cc1ccc(C(C)C)cc1F.Cc1ncc(C(C)C)cc1C(F)(F)F.Cc1ncc(C(C)C)cc1Cl. The van der Waals surface area contributed by atoms with E-state index in [1.54, 1.807) is 58.2 Å². The fourth-order valence-corrected chi connectivity index (χ4v) is 11.8. The predicted octanol–water partition coefficient (Wildman–Crippen LogP) is 36.4. The van der Waals surface area contributed by atoms with Crippen molar-refractivity contribution in [3.63, 3.8) is 0 Å². The maximum atomic E-state index is 13.4. The summed E-state index contributed by atoms with van der Waals surface area (Å²) >= 11 is 23.5. The second-order valence-electron chi connectivity index (χ2n) is 33.7. The molecule has 2 aromatic heterocycles. The van der Waals surface area contributed by atoms with E-state index >= 15 is 0 Å². The molecule has 8 aromatic carbocycles. The highest BCUT2D eigenvalue weighted by Crippen LogP contribution is 2.38. The van der Waals surface area contributed by atoms with Gasteiger partial charge in [0.2, 0.25) is 0 Å². The molecule has 0 saturated heterocycles.